The zero-order valence-electron chi connectivity index (χ0n) is 15.3. The smallest absolute Gasteiger partial charge is 0.248 e. The largest absolute Gasteiger partial charge is 0.504 e. The number of rotatable bonds is 7. The van der Waals surface area contributed by atoms with Crippen molar-refractivity contribution < 1.29 is 19.4 Å². The molecule has 0 bridgehead atoms. The minimum absolute atomic E-state index is 0.0173. The highest BCUT2D eigenvalue weighted by molar-refractivity contribution is 6.02. The van der Waals surface area contributed by atoms with Crippen molar-refractivity contribution in [3.63, 3.8) is 0 Å². The number of amides is 1. The molecule has 0 aliphatic heterocycles. The highest BCUT2D eigenvalue weighted by atomic mass is 16.5. The zero-order chi connectivity index (χ0) is 19.8. The molecular formula is C22H20N2O4. The van der Waals surface area contributed by atoms with Crippen molar-refractivity contribution >= 4 is 17.7 Å². The topological polar surface area (TPSA) is 80.7 Å². The molecule has 1 amide bonds. The van der Waals surface area contributed by atoms with Crippen LogP contribution in [0.1, 0.15) is 11.1 Å². The number of nitrogens with zero attached hydrogens (tertiary/aromatic N) is 1. The zero-order valence-corrected chi connectivity index (χ0v) is 15.3. The molecule has 1 heterocycles. The fourth-order valence-electron chi connectivity index (χ4n) is 2.52. The molecule has 142 valence electrons. The summed E-state index contributed by atoms with van der Waals surface area (Å²) in [6.45, 7) is 0.316. The van der Waals surface area contributed by atoms with Crippen LogP contribution in [-0.4, -0.2) is 23.1 Å². The Bertz CT molecular complexity index is 971. The van der Waals surface area contributed by atoms with Crippen LogP contribution in [0.15, 0.2) is 73.1 Å². The minimum atomic E-state index is -0.285. The quantitative estimate of drug-likeness (QED) is 0.609. The van der Waals surface area contributed by atoms with Crippen molar-refractivity contribution in [3.8, 4) is 17.2 Å². The van der Waals surface area contributed by atoms with Crippen molar-refractivity contribution in [1.29, 1.82) is 0 Å². The molecule has 0 radical (unpaired) electrons. The van der Waals surface area contributed by atoms with Crippen LogP contribution in [0.2, 0.25) is 0 Å². The van der Waals surface area contributed by atoms with E-state index in [1.807, 2.05) is 24.3 Å². The maximum Gasteiger partial charge on any atom is 0.248 e. The van der Waals surface area contributed by atoms with E-state index in [-0.39, 0.29) is 11.7 Å². The van der Waals surface area contributed by atoms with Crippen LogP contribution >= 0.6 is 0 Å². The molecule has 3 aromatic rings. The number of carbonyl (C=O) groups is 1. The predicted molar refractivity (Wildman–Crippen MR) is 107 cm³/mol. The Labute approximate surface area is 163 Å². The number of aromatic hydroxyl groups is 1. The first-order valence-electron chi connectivity index (χ1n) is 8.62. The van der Waals surface area contributed by atoms with Gasteiger partial charge in [0.15, 0.2) is 11.5 Å². The Morgan fingerprint density at radius 1 is 1.14 bits per heavy atom. The summed E-state index contributed by atoms with van der Waals surface area (Å²) < 4.78 is 10.7. The van der Waals surface area contributed by atoms with Crippen LogP contribution in [0.5, 0.6) is 17.2 Å². The molecular weight excluding hydrogens is 356 g/mol. The van der Waals surface area contributed by atoms with Crippen LogP contribution in [-0.2, 0) is 11.4 Å². The third-order valence-electron chi connectivity index (χ3n) is 3.95. The van der Waals surface area contributed by atoms with Crippen molar-refractivity contribution in [2.45, 2.75) is 6.61 Å². The number of hydrogen-bond acceptors (Lipinski definition) is 5. The van der Waals surface area contributed by atoms with E-state index in [1.165, 1.54) is 19.3 Å². The summed E-state index contributed by atoms with van der Waals surface area (Å²) in [7, 11) is 1.48. The lowest BCUT2D eigenvalue weighted by Crippen LogP contribution is -2.10. The van der Waals surface area contributed by atoms with E-state index in [9.17, 15) is 9.90 Å². The number of pyridine rings is 1. The normalized spacial score (nSPS) is 10.6. The number of nitrogens with one attached hydrogen (secondary N) is 1. The fourth-order valence-corrected chi connectivity index (χ4v) is 2.52. The maximum atomic E-state index is 12.3. The van der Waals surface area contributed by atoms with Gasteiger partial charge in [0.1, 0.15) is 12.4 Å². The standard InChI is InChI=1S/C22H20N2O4/c1-27-21-8-6-16(14-20(21)25)7-9-22(26)24-19-5-3-2-4-17(19)15-28-18-10-12-23-13-11-18/h2-14,25H,15H2,1H3,(H,24,26). The van der Waals surface area contributed by atoms with E-state index in [1.54, 1.807) is 42.7 Å². The van der Waals surface area contributed by atoms with Gasteiger partial charge in [0.2, 0.25) is 5.91 Å². The number of phenols is 1. The van der Waals surface area contributed by atoms with E-state index in [4.69, 9.17) is 9.47 Å². The molecule has 1 aromatic heterocycles. The van der Waals surface area contributed by atoms with E-state index in [0.717, 1.165) is 5.56 Å². The lowest BCUT2D eigenvalue weighted by Gasteiger charge is -2.11. The summed E-state index contributed by atoms with van der Waals surface area (Å²) in [6.07, 6.45) is 6.34. The highest BCUT2D eigenvalue weighted by Crippen LogP contribution is 2.26. The lowest BCUT2D eigenvalue weighted by molar-refractivity contribution is -0.111. The molecule has 0 fully saturated rings. The maximum absolute atomic E-state index is 12.3. The number of para-hydroxylation sites is 1. The fraction of sp³-hybridized carbons (Fsp3) is 0.0909. The summed E-state index contributed by atoms with van der Waals surface area (Å²) in [6, 6.07) is 15.9. The van der Waals surface area contributed by atoms with Crippen molar-refractivity contribution in [3.05, 3.63) is 84.2 Å². The molecule has 0 unspecified atom stereocenters. The second-order valence-electron chi connectivity index (χ2n) is 5.88. The molecule has 6 nitrogen and oxygen atoms in total. The minimum Gasteiger partial charge on any atom is -0.504 e. The van der Waals surface area contributed by atoms with Gasteiger partial charge in [-0.25, -0.2) is 0 Å². The van der Waals surface area contributed by atoms with Crippen LogP contribution < -0.4 is 14.8 Å². The summed E-state index contributed by atoms with van der Waals surface area (Å²) >= 11 is 0. The van der Waals surface area contributed by atoms with Crippen molar-refractivity contribution in [2.24, 2.45) is 0 Å². The van der Waals surface area contributed by atoms with Crippen LogP contribution in [0, 0.1) is 0 Å². The Hall–Kier alpha value is -3.80. The van der Waals surface area contributed by atoms with E-state index in [0.29, 0.717) is 29.4 Å². The molecule has 6 heteroatoms. The number of carbonyl (C=O) groups excluding carboxylic acids is 1. The van der Waals surface area contributed by atoms with Crippen LogP contribution in [0.3, 0.4) is 0 Å². The summed E-state index contributed by atoms with van der Waals surface area (Å²) in [5.41, 5.74) is 2.20. The first-order chi connectivity index (χ1) is 13.7. The number of aromatic nitrogens is 1. The molecule has 0 atom stereocenters. The summed E-state index contributed by atoms with van der Waals surface area (Å²) in [5, 5.41) is 12.7. The number of ether oxygens (including phenoxy) is 2. The van der Waals surface area contributed by atoms with E-state index >= 15 is 0 Å². The highest BCUT2D eigenvalue weighted by Gasteiger charge is 2.06. The average Bonchev–Trinajstić information content (AvgIpc) is 2.72. The van der Waals surface area contributed by atoms with Gasteiger partial charge in [-0.1, -0.05) is 24.3 Å². The number of methoxy groups -OCH3 is 1. The average molecular weight is 376 g/mol. The molecule has 0 saturated heterocycles. The Morgan fingerprint density at radius 3 is 2.68 bits per heavy atom. The van der Waals surface area contributed by atoms with Gasteiger partial charge in [-0.3, -0.25) is 9.78 Å². The lowest BCUT2D eigenvalue weighted by atomic mass is 10.1. The second kappa shape index (κ2) is 9.23. The molecule has 3 rings (SSSR count). The molecule has 2 N–H and O–H groups in total. The van der Waals surface area contributed by atoms with Gasteiger partial charge in [-0.15, -0.1) is 0 Å². The van der Waals surface area contributed by atoms with Gasteiger partial charge in [0.25, 0.3) is 0 Å². The SMILES string of the molecule is COc1ccc(C=CC(=O)Nc2ccccc2COc2ccncc2)cc1O. The predicted octanol–water partition coefficient (Wildman–Crippen LogP) is 4.03. The number of anilines is 1. The molecule has 0 aliphatic carbocycles. The van der Waals surface area contributed by atoms with E-state index < -0.39 is 0 Å². The van der Waals surface area contributed by atoms with Crippen molar-refractivity contribution in [1.82, 2.24) is 4.98 Å². The third-order valence-corrected chi connectivity index (χ3v) is 3.95. The van der Waals surface area contributed by atoms with Crippen LogP contribution in [0.4, 0.5) is 5.69 Å². The van der Waals surface area contributed by atoms with Gasteiger partial charge < -0.3 is 19.9 Å². The number of phenolic OH excluding ortho intramolecular Hbond substituents is 1. The van der Waals surface area contributed by atoms with Gasteiger partial charge in [-0.05, 0) is 42.0 Å². The molecule has 0 aliphatic rings. The van der Waals surface area contributed by atoms with Crippen molar-refractivity contribution in [2.75, 3.05) is 12.4 Å². The Balaban J connectivity index is 1.64. The Kier molecular flexibility index (Phi) is 6.25. The first kappa shape index (κ1) is 19.0. The summed E-state index contributed by atoms with van der Waals surface area (Å²) in [4.78, 5) is 16.2. The molecule has 28 heavy (non-hydrogen) atoms. The number of hydrogen-bond donors (Lipinski definition) is 2. The second-order valence-corrected chi connectivity index (χ2v) is 5.88. The Morgan fingerprint density at radius 2 is 1.93 bits per heavy atom. The van der Waals surface area contributed by atoms with E-state index in [2.05, 4.69) is 10.3 Å². The first-order valence-corrected chi connectivity index (χ1v) is 8.62. The van der Waals surface area contributed by atoms with Gasteiger partial charge in [-0.2, -0.15) is 0 Å². The molecule has 0 spiro atoms. The summed E-state index contributed by atoms with van der Waals surface area (Å²) in [5.74, 6) is 0.815. The molecule has 0 saturated carbocycles. The van der Waals surface area contributed by atoms with Gasteiger partial charge >= 0.3 is 0 Å². The van der Waals surface area contributed by atoms with Gasteiger partial charge in [0, 0.05) is 29.7 Å². The van der Waals surface area contributed by atoms with Crippen LogP contribution in [0.25, 0.3) is 6.08 Å². The number of benzene rings is 2. The molecule has 2 aromatic carbocycles. The van der Waals surface area contributed by atoms with Gasteiger partial charge in [0.05, 0.1) is 7.11 Å². The third kappa shape index (κ3) is 5.11. The monoisotopic (exact) mass is 376 g/mol.